The summed E-state index contributed by atoms with van der Waals surface area (Å²) in [4.78, 5) is 51.3. The fraction of sp³-hybridized carbons (Fsp3) is 0.586. The van der Waals surface area contributed by atoms with Crippen LogP contribution in [0.5, 0.6) is 5.75 Å². The summed E-state index contributed by atoms with van der Waals surface area (Å²) in [5.74, 6) is -1.91. The fourth-order valence-electron chi connectivity index (χ4n) is 6.92. The maximum atomic E-state index is 13.1. The molecule has 2 aliphatic carbocycles. The van der Waals surface area contributed by atoms with Crippen molar-refractivity contribution in [2.45, 2.75) is 94.9 Å². The standard InChI is InChI=1S/C29H37N3O9/c1-14(30-17(4)34)25(35)31-15(2)26(36)39-16(3)27(37)40-20-8-9-29(38)21-12-18-6-7-19(13-33)23-22(18)28(29,24(20)41-23)10-11-32(21)5/h6-8,14-16,21,24,33,38H,9-13H2,1-5H3,(H,30,34)(H,31,35)/t14-,15-,16-,21+,24-,28-,29+/m0/s1. The van der Waals surface area contributed by atoms with Crippen molar-refractivity contribution in [2.75, 3.05) is 13.6 Å². The van der Waals surface area contributed by atoms with Crippen LogP contribution in [0.2, 0.25) is 0 Å². The summed E-state index contributed by atoms with van der Waals surface area (Å²) < 4.78 is 17.5. The predicted molar refractivity (Wildman–Crippen MR) is 143 cm³/mol. The van der Waals surface area contributed by atoms with E-state index in [1.165, 1.54) is 27.7 Å². The SMILES string of the molecule is CC(=O)N[C@@H](C)C(=O)N[C@@H](C)C(=O)O[C@@H](C)C(=O)OC1=CC[C@@]2(O)[C@H]3Cc4ccc(CO)c5c4[C@@]2(CCN3C)[C@H]1O5. The third kappa shape index (κ3) is 4.48. The van der Waals surface area contributed by atoms with E-state index >= 15 is 0 Å². The highest BCUT2D eigenvalue weighted by Gasteiger charge is 2.71. The zero-order valence-corrected chi connectivity index (χ0v) is 23.9. The second kappa shape index (κ2) is 10.4. The molecule has 7 atom stereocenters. The minimum absolute atomic E-state index is 0.167. The molecule has 2 aliphatic heterocycles. The summed E-state index contributed by atoms with van der Waals surface area (Å²) in [5.41, 5.74) is 0.475. The van der Waals surface area contributed by atoms with Gasteiger partial charge in [-0.25, -0.2) is 9.59 Å². The van der Waals surface area contributed by atoms with Crippen LogP contribution >= 0.6 is 0 Å². The summed E-state index contributed by atoms with van der Waals surface area (Å²) >= 11 is 0. The van der Waals surface area contributed by atoms with Gasteiger partial charge in [0.05, 0.1) is 17.6 Å². The molecule has 4 N–H and O–H groups in total. The van der Waals surface area contributed by atoms with Crippen molar-refractivity contribution in [3.05, 3.63) is 40.7 Å². The Morgan fingerprint density at radius 3 is 2.56 bits per heavy atom. The molecule has 41 heavy (non-hydrogen) atoms. The van der Waals surface area contributed by atoms with Gasteiger partial charge in [0.1, 0.15) is 23.6 Å². The van der Waals surface area contributed by atoms with Gasteiger partial charge < -0.3 is 40.0 Å². The van der Waals surface area contributed by atoms with Crippen LogP contribution in [0.4, 0.5) is 0 Å². The second-order valence-electron chi connectivity index (χ2n) is 11.6. The molecule has 0 saturated carbocycles. The molecule has 0 aromatic heterocycles. The summed E-state index contributed by atoms with van der Waals surface area (Å²) in [6.07, 6.45) is 0.980. The van der Waals surface area contributed by atoms with Gasteiger partial charge in [-0.3, -0.25) is 9.59 Å². The van der Waals surface area contributed by atoms with E-state index < -0.39 is 59.1 Å². The summed E-state index contributed by atoms with van der Waals surface area (Å²) in [5, 5.41) is 27.2. The number of carbonyl (C=O) groups is 4. The summed E-state index contributed by atoms with van der Waals surface area (Å²) in [7, 11) is 1.99. The average molecular weight is 572 g/mol. The molecule has 0 radical (unpaired) electrons. The predicted octanol–water partition coefficient (Wildman–Crippen LogP) is -0.0392. The average Bonchev–Trinajstić information content (AvgIpc) is 3.27. The third-order valence-corrected chi connectivity index (χ3v) is 8.99. The smallest absolute Gasteiger partial charge is 0.352 e. The molecule has 4 aliphatic rings. The quantitative estimate of drug-likeness (QED) is 0.311. The van der Waals surface area contributed by atoms with Gasteiger partial charge in [-0.1, -0.05) is 12.1 Å². The minimum atomic E-state index is -1.31. The lowest BCUT2D eigenvalue weighted by atomic mass is 9.50. The van der Waals surface area contributed by atoms with Crippen molar-refractivity contribution in [3.63, 3.8) is 0 Å². The molecule has 5 rings (SSSR count). The fourth-order valence-corrected chi connectivity index (χ4v) is 6.92. The van der Waals surface area contributed by atoms with Crippen LogP contribution in [0, 0.1) is 0 Å². The van der Waals surface area contributed by atoms with Gasteiger partial charge in [-0.15, -0.1) is 0 Å². The number of ether oxygens (including phenoxy) is 3. The number of hydrogen-bond acceptors (Lipinski definition) is 10. The van der Waals surface area contributed by atoms with Gasteiger partial charge >= 0.3 is 11.9 Å². The Balaban J connectivity index is 1.33. The van der Waals surface area contributed by atoms with E-state index in [9.17, 15) is 29.4 Å². The van der Waals surface area contributed by atoms with Gasteiger partial charge in [0, 0.05) is 30.5 Å². The topological polar surface area (TPSA) is 164 Å². The van der Waals surface area contributed by atoms with E-state index in [2.05, 4.69) is 15.5 Å². The van der Waals surface area contributed by atoms with Gasteiger partial charge in [-0.05, 0) is 58.8 Å². The molecule has 2 heterocycles. The maximum Gasteiger partial charge on any atom is 0.352 e. The van der Waals surface area contributed by atoms with Crippen LogP contribution in [0.3, 0.4) is 0 Å². The summed E-state index contributed by atoms with van der Waals surface area (Å²) in [6.45, 7) is 5.98. The molecule has 1 saturated heterocycles. The van der Waals surface area contributed by atoms with Crippen molar-refractivity contribution in [1.82, 2.24) is 15.5 Å². The van der Waals surface area contributed by atoms with Crippen molar-refractivity contribution in [3.8, 4) is 5.75 Å². The van der Waals surface area contributed by atoms with Crippen LogP contribution in [-0.4, -0.2) is 88.4 Å². The Labute approximate surface area is 238 Å². The lowest BCUT2D eigenvalue weighted by Gasteiger charge is -2.61. The minimum Gasteiger partial charge on any atom is -0.481 e. The van der Waals surface area contributed by atoms with Gasteiger partial charge in [0.25, 0.3) is 0 Å². The first kappa shape index (κ1) is 29.0. The van der Waals surface area contributed by atoms with E-state index in [0.29, 0.717) is 30.7 Å². The van der Waals surface area contributed by atoms with Crippen LogP contribution in [0.1, 0.15) is 57.2 Å². The number of likely N-dealkylation sites (N-methyl/N-ethyl adjacent to an activating group) is 1. The first-order chi connectivity index (χ1) is 19.3. The first-order valence-corrected chi connectivity index (χ1v) is 13.9. The molecule has 0 unspecified atom stereocenters. The molecule has 12 nitrogen and oxygen atoms in total. The number of aliphatic hydroxyl groups is 2. The van der Waals surface area contributed by atoms with E-state index in [-0.39, 0.29) is 24.8 Å². The Morgan fingerprint density at radius 2 is 1.88 bits per heavy atom. The zero-order valence-electron chi connectivity index (χ0n) is 23.9. The monoisotopic (exact) mass is 571 g/mol. The van der Waals surface area contributed by atoms with Gasteiger partial charge in [0.15, 0.2) is 12.2 Å². The van der Waals surface area contributed by atoms with Crippen molar-refractivity contribution in [2.24, 2.45) is 0 Å². The molecule has 2 bridgehead atoms. The highest BCUT2D eigenvalue weighted by Crippen LogP contribution is 2.64. The molecular formula is C29H37N3O9. The molecule has 1 spiro atoms. The number of nitrogens with one attached hydrogen (secondary N) is 2. The van der Waals surface area contributed by atoms with Crippen LogP contribution < -0.4 is 15.4 Å². The molecular weight excluding hydrogens is 534 g/mol. The number of piperidine rings is 1. The molecule has 2 amide bonds. The van der Waals surface area contributed by atoms with Crippen LogP contribution in [0.25, 0.3) is 0 Å². The molecule has 1 aromatic carbocycles. The highest BCUT2D eigenvalue weighted by atomic mass is 16.6. The number of benzene rings is 1. The second-order valence-corrected chi connectivity index (χ2v) is 11.6. The van der Waals surface area contributed by atoms with Crippen LogP contribution in [-0.2, 0) is 47.1 Å². The van der Waals surface area contributed by atoms with E-state index in [1.807, 2.05) is 19.2 Å². The molecule has 222 valence electrons. The maximum absolute atomic E-state index is 13.1. The number of rotatable bonds is 8. The van der Waals surface area contributed by atoms with Crippen molar-refractivity contribution in [1.29, 1.82) is 0 Å². The lowest BCUT2D eigenvalue weighted by Crippen LogP contribution is -2.74. The van der Waals surface area contributed by atoms with Gasteiger partial charge in [-0.2, -0.15) is 0 Å². The highest BCUT2D eigenvalue weighted by molar-refractivity contribution is 5.90. The normalized spacial score (nSPS) is 29.6. The molecule has 1 fully saturated rings. The Hall–Kier alpha value is -3.48. The number of hydrogen-bond donors (Lipinski definition) is 4. The van der Waals surface area contributed by atoms with E-state index in [1.54, 1.807) is 6.08 Å². The molecule has 12 heteroatoms. The Kier molecular flexibility index (Phi) is 7.37. The van der Waals surface area contributed by atoms with E-state index in [4.69, 9.17) is 14.2 Å². The Bertz CT molecular complexity index is 1330. The van der Waals surface area contributed by atoms with Crippen LogP contribution in [0.15, 0.2) is 24.0 Å². The summed E-state index contributed by atoms with van der Waals surface area (Å²) in [6, 6.07) is 1.70. The number of carbonyl (C=O) groups excluding carboxylic acids is 4. The number of esters is 2. The number of nitrogens with zero attached hydrogens (tertiary/aromatic N) is 1. The largest absolute Gasteiger partial charge is 0.481 e. The van der Waals surface area contributed by atoms with Gasteiger partial charge in [0.2, 0.25) is 11.8 Å². The number of amides is 2. The van der Waals surface area contributed by atoms with Crippen molar-refractivity contribution >= 4 is 23.8 Å². The zero-order chi connectivity index (χ0) is 29.9. The van der Waals surface area contributed by atoms with Crippen molar-refractivity contribution < 1.29 is 43.6 Å². The number of likely N-dealkylation sites (tertiary alicyclic amines) is 1. The lowest BCUT2D eigenvalue weighted by molar-refractivity contribution is -0.176. The number of aliphatic hydroxyl groups excluding tert-OH is 1. The first-order valence-electron chi connectivity index (χ1n) is 13.9. The Morgan fingerprint density at radius 1 is 1.15 bits per heavy atom. The van der Waals surface area contributed by atoms with E-state index in [0.717, 1.165) is 11.1 Å². The molecule has 1 aromatic rings. The third-order valence-electron chi connectivity index (χ3n) is 8.99.